The van der Waals surface area contributed by atoms with E-state index >= 15 is 0 Å². The van der Waals surface area contributed by atoms with Gasteiger partial charge in [-0.3, -0.25) is 9.59 Å². The lowest BCUT2D eigenvalue weighted by Gasteiger charge is -2.11. The number of carbonyl (C=O) groups is 2. The maximum Gasteiger partial charge on any atom is 0.573 e. The molecule has 180 valence electrons. The van der Waals surface area contributed by atoms with Crippen molar-refractivity contribution < 1.29 is 27.5 Å². The fraction of sp³-hybridized carbons (Fsp3) is 0.292. The molecule has 0 saturated heterocycles. The van der Waals surface area contributed by atoms with Crippen LogP contribution in [0.3, 0.4) is 0 Å². The Labute approximate surface area is 198 Å². The van der Waals surface area contributed by atoms with Crippen molar-refractivity contribution in [3.05, 3.63) is 70.3 Å². The molecule has 1 heterocycles. The maximum atomic E-state index is 12.5. The van der Waals surface area contributed by atoms with Crippen molar-refractivity contribution in [2.75, 3.05) is 6.54 Å². The molecular formula is C24H24F3N3O3S. The van der Waals surface area contributed by atoms with Crippen molar-refractivity contribution in [3.8, 4) is 17.0 Å². The van der Waals surface area contributed by atoms with Crippen molar-refractivity contribution in [3.63, 3.8) is 0 Å². The Balaban J connectivity index is 1.82. The van der Waals surface area contributed by atoms with Crippen LogP contribution in [0.15, 0.2) is 65.0 Å². The lowest BCUT2D eigenvalue weighted by Crippen LogP contribution is -2.24. The molecule has 0 aliphatic carbocycles. The molecule has 3 aromatic rings. The molecule has 0 aliphatic rings. The smallest absolute Gasteiger partial charge is 0.406 e. The number of aryl methyl sites for hydroxylation is 1. The zero-order valence-electron chi connectivity index (χ0n) is 18.5. The number of nitrogens with one attached hydrogen (secondary N) is 1. The molecule has 0 radical (unpaired) electrons. The van der Waals surface area contributed by atoms with Crippen LogP contribution >= 0.6 is 11.3 Å². The van der Waals surface area contributed by atoms with Crippen LogP contribution in [-0.2, 0) is 22.6 Å². The highest BCUT2D eigenvalue weighted by Crippen LogP contribution is 2.27. The van der Waals surface area contributed by atoms with Crippen molar-refractivity contribution in [1.82, 2.24) is 9.88 Å². The number of benzene rings is 2. The second-order valence-electron chi connectivity index (χ2n) is 7.45. The van der Waals surface area contributed by atoms with Crippen LogP contribution in [0, 0.1) is 0 Å². The lowest BCUT2D eigenvalue weighted by molar-refractivity contribution is -0.274. The molecule has 34 heavy (non-hydrogen) atoms. The van der Waals surface area contributed by atoms with Crippen molar-refractivity contribution >= 4 is 23.2 Å². The highest BCUT2D eigenvalue weighted by atomic mass is 32.1. The fourth-order valence-electron chi connectivity index (χ4n) is 3.25. The summed E-state index contributed by atoms with van der Waals surface area (Å²) in [5, 5.41) is 4.53. The minimum absolute atomic E-state index is 0.142. The second-order valence-corrected chi connectivity index (χ2v) is 8.29. The van der Waals surface area contributed by atoms with Crippen LogP contribution < -0.4 is 14.9 Å². The number of hydrogen-bond donors (Lipinski definition) is 1. The van der Waals surface area contributed by atoms with E-state index in [-0.39, 0.29) is 24.0 Å². The predicted octanol–water partition coefficient (Wildman–Crippen LogP) is 4.70. The molecular weight excluding hydrogens is 467 g/mol. The molecule has 0 spiro atoms. The average Bonchev–Trinajstić information content (AvgIpc) is 3.17. The van der Waals surface area contributed by atoms with E-state index in [1.54, 1.807) is 5.38 Å². The number of aromatic nitrogens is 1. The summed E-state index contributed by atoms with van der Waals surface area (Å²) in [6.45, 7) is 2.34. The van der Waals surface area contributed by atoms with E-state index in [9.17, 15) is 22.8 Å². The van der Waals surface area contributed by atoms with E-state index < -0.39 is 6.36 Å². The Morgan fingerprint density at radius 1 is 1.09 bits per heavy atom. The second kappa shape index (κ2) is 11.6. The van der Waals surface area contributed by atoms with Crippen LogP contribution in [0.2, 0.25) is 0 Å². The standard InChI is InChI=1S/C24H24F3N3O3S/c1-17(31)28-14-5-15-30-21(19-9-11-20(12-10-19)33-24(25,26)27)16-34-23(30)29-22(32)13-8-18-6-3-2-4-7-18/h2-4,6-7,9-12,16H,5,8,13-15H2,1H3,(H,28,31). The van der Waals surface area contributed by atoms with Gasteiger partial charge in [0.2, 0.25) is 11.8 Å². The van der Waals surface area contributed by atoms with Gasteiger partial charge in [-0.05, 0) is 48.2 Å². The van der Waals surface area contributed by atoms with Crippen LogP contribution in [0.5, 0.6) is 5.75 Å². The van der Waals surface area contributed by atoms with Crippen molar-refractivity contribution in [2.45, 2.75) is 39.1 Å². The number of rotatable bonds is 9. The van der Waals surface area contributed by atoms with E-state index in [2.05, 4.69) is 15.0 Å². The van der Waals surface area contributed by atoms with Gasteiger partial charge in [0.1, 0.15) is 5.75 Å². The van der Waals surface area contributed by atoms with Gasteiger partial charge in [-0.1, -0.05) is 30.3 Å². The van der Waals surface area contributed by atoms with Gasteiger partial charge in [0.15, 0.2) is 4.80 Å². The Bertz CT molecular complexity index is 1170. The van der Waals surface area contributed by atoms with Gasteiger partial charge in [-0.25, -0.2) is 0 Å². The predicted molar refractivity (Wildman–Crippen MR) is 123 cm³/mol. The summed E-state index contributed by atoms with van der Waals surface area (Å²) in [6, 6.07) is 15.2. The minimum Gasteiger partial charge on any atom is -0.406 e. The molecule has 0 bridgehead atoms. The van der Waals surface area contributed by atoms with Gasteiger partial charge >= 0.3 is 6.36 Å². The number of carbonyl (C=O) groups excluding carboxylic acids is 2. The highest BCUT2D eigenvalue weighted by molar-refractivity contribution is 7.07. The van der Waals surface area contributed by atoms with E-state index in [1.807, 2.05) is 34.9 Å². The van der Waals surface area contributed by atoms with Crippen molar-refractivity contribution in [2.24, 2.45) is 4.99 Å². The van der Waals surface area contributed by atoms with Gasteiger partial charge in [-0.2, -0.15) is 4.99 Å². The molecule has 0 aliphatic heterocycles. The van der Waals surface area contributed by atoms with Crippen LogP contribution in [-0.4, -0.2) is 29.3 Å². The average molecular weight is 492 g/mol. The summed E-state index contributed by atoms with van der Waals surface area (Å²) in [6.07, 6.45) is -3.35. The van der Waals surface area contributed by atoms with E-state index in [1.165, 1.54) is 42.5 Å². The van der Waals surface area contributed by atoms with Gasteiger partial charge in [-0.15, -0.1) is 24.5 Å². The summed E-state index contributed by atoms with van der Waals surface area (Å²) in [5.74, 6) is -0.719. The number of ether oxygens (including phenoxy) is 1. The number of thiazole rings is 1. The third kappa shape index (κ3) is 7.87. The van der Waals surface area contributed by atoms with E-state index in [0.29, 0.717) is 42.0 Å². The number of hydrogen-bond acceptors (Lipinski definition) is 4. The largest absolute Gasteiger partial charge is 0.573 e. The molecule has 2 aromatic carbocycles. The van der Waals surface area contributed by atoms with Crippen LogP contribution in [0.25, 0.3) is 11.3 Å². The van der Waals surface area contributed by atoms with Gasteiger partial charge in [0.25, 0.3) is 0 Å². The lowest BCUT2D eigenvalue weighted by atomic mass is 10.1. The molecule has 0 saturated carbocycles. The molecule has 1 aromatic heterocycles. The summed E-state index contributed by atoms with van der Waals surface area (Å²) >= 11 is 1.28. The van der Waals surface area contributed by atoms with E-state index in [0.717, 1.165) is 5.56 Å². The Kier molecular flexibility index (Phi) is 8.64. The number of halogens is 3. The van der Waals surface area contributed by atoms with E-state index in [4.69, 9.17) is 0 Å². The van der Waals surface area contributed by atoms with Crippen molar-refractivity contribution in [1.29, 1.82) is 0 Å². The highest BCUT2D eigenvalue weighted by Gasteiger charge is 2.31. The number of amides is 2. The molecule has 6 nitrogen and oxygen atoms in total. The van der Waals surface area contributed by atoms with Gasteiger partial charge in [0, 0.05) is 31.8 Å². The number of alkyl halides is 3. The zero-order chi connectivity index (χ0) is 24.6. The normalized spacial score (nSPS) is 11.9. The van der Waals surface area contributed by atoms with Gasteiger partial charge in [0.05, 0.1) is 5.69 Å². The third-order valence-corrected chi connectivity index (χ3v) is 5.67. The summed E-state index contributed by atoms with van der Waals surface area (Å²) in [5.41, 5.74) is 2.41. The molecule has 0 unspecified atom stereocenters. The van der Waals surface area contributed by atoms with Crippen LogP contribution in [0.4, 0.5) is 13.2 Å². The fourth-order valence-corrected chi connectivity index (χ4v) is 4.20. The summed E-state index contributed by atoms with van der Waals surface area (Å²) < 4.78 is 43.1. The summed E-state index contributed by atoms with van der Waals surface area (Å²) in [7, 11) is 0. The topological polar surface area (TPSA) is 72.7 Å². The minimum atomic E-state index is -4.76. The molecule has 3 rings (SSSR count). The molecule has 0 atom stereocenters. The molecule has 2 amide bonds. The quantitative estimate of drug-likeness (QED) is 0.441. The Morgan fingerprint density at radius 3 is 2.44 bits per heavy atom. The monoisotopic (exact) mass is 491 g/mol. The first-order valence-corrected chi connectivity index (χ1v) is 11.5. The first-order valence-electron chi connectivity index (χ1n) is 10.6. The van der Waals surface area contributed by atoms with Crippen LogP contribution in [0.1, 0.15) is 25.3 Å². The third-order valence-electron chi connectivity index (χ3n) is 4.80. The molecule has 1 N–H and O–H groups in total. The molecule has 10 heteroatoms. The van der Waals surface area contributed by atoms with Gasteiger partial charge < -0.3 is 14.6 Å². The maximum absolute atomic E-state index is 12.5. The zero-order valence-corrected chi connectivity index (χ0v) is 19.3. The molecule has 0 fully saturated rings. The Morgan fingerprint density at radius 2 is 1.79 bits per heavy atom. The Hall–Kier alpha value is -3.40. The number of nitrogens with zero attached hydrogens (tertiary/aromatic N) is 2. The SMILES string of the molecule is CC(=O)NCCCn1c(-c2ccc(OC(F)(F)F)cc2)csc1=NC(=O)CCc1ccccc1. The summed E-state index contributed by atoms with van der Waals surface area (Å²) in [4.78, 5) is 28.5. The first kappa shape index (κ1) is 25.2. The first-order chi connectivity index (χ1) is 16.2.